The zero-order valence-corrected chi connectivity index (χ0v) is 6.65. The molecule has 0 atom stereocenters. The maximum absolute atomic E-state index is 11.0. The molecule has 0 unspecified atom stereocenters. The Morgan fingerprint density at radius 2 is 2.33 bits per heavy atom. The molecule has 0 amide bonds. The standard InChI is InChI=1S/C8H9NO3/c1-2-6-3-4-7(8(10)11)9(12)5-6/h3-5H,2H2,1H3,(H,10,11). The zero-order valence-electron chi connectivity index (χ0n) is 6.65. The summed E-state index contributed by atoms with van der Waals surface area (Å²) in [4.78, 5) is 10.4. The van der Waals surface area contributed by atoms with Gasteiger partial charge in [-0.3, -0.25) is 0 Å². The summed E-state index contributed by atoms with van der Waals surface area (Å²) in [5, 5.41) is 19.5. The van der Waals surface area contributed by atoms with Crippen LogP contribution < -0.4 is 4.73 Å². The molecule has 12 heavy (non-hydrogen) atoms. The van der Waals surface area contributed by atoms with Crippen LogP contribution in [0.2, 0.25) is 0 Å². The number of aromatic nitrogens is 1. The van der Waals surface area contributed by atoms with Gasteiger partial charge in [-0.1, -0.05) is 6.92 Å². The third-order valence-electron chi connectivity index (χ3n) is 1.60. The predicted molar refractivity (Wildman–Crippen MR) is 41.7 cm³/mol. The van der Waals surface area contributed by atoms with Crippen LogP contribution >= 0.6 is 0 Å². The summed E-state index contributed by atoms with van der Waals surface area (Å²) in [7, 11) is 0. The van der Waals surface area contributed by atoms with Crippen molar-refractivity contribution in [3.63, 3.8) is 0 Å². The van der Waals surface area contributed by atoms with Crippen molar-refractivity contribution in [3.05, 3.63) is 34.8 Å². The Hall–Kier alpha value is -1.58. The number of aromatic carboxylic acids is 1. The maximum Gasteiger partial charge on any atom is 0.402 e. The second kappa shape index (κ2) is 3.21. The molecular weight excluding hydrogens is 158 g/mol. The molecule has 4 nitrogen and oxygen atoms in total. The molecule has 0 bridgehead atoms. The van der Waals surface area contributed by atoms with Crippen LogP contribution in [0.15, 0.2) is 18.3 Å². The summed E-state index contributed by atoms with van der Waals surface area (Å²) in [5.41, 5.74) is 0.585. The Kier molecular flexibility index (Phi) is 2.28. The molecule has 0 aliphatic rings. The lowest BCUT2D eigenvalue weighted by molar-refractivity contribution is -0.608. The first-order chi connectivity index (χ1) is 5.65. The molecule has 0 spiro atoms. The summed E-state index contributed by atoms with van der Waals surface area (Å²) in [6.07, 6.45) is 2.01. The van der Waals surface area contributed by atoms with Gasteiger partial charge in [0.15, 0.2) is 6.20 Å². The molecule has 0 saturated carbocycles. The van der Waals surface area contributed by atoms with Crippen LogP contribution in [-0.4, -0.2) is 11.1 Å². The van der Waals surface area contributed by atoms with Crippen molar-refractivity contribution in [2.45, 2.75) is 13.3 Å². The smallest absolute Gasteiger partial charge is 0.402 e. The Balaban J connectivity index is 3.12. The number of hydrogen-bond acceptors (Lipinski definition) is 2. The van der Waals surface area contributed by atoms with E-state index in [1.54, 1.807) is 6.07 Å². The van der Waals surface area contributed by atoms with Crippen molar-refractivity contribution in [2.75, 3.05) is 0 Å². The molecule has 0 aliphatic heterocycles. The third kappa shape index (κ3) is 1.53. The van der Waals surface area contributed by atoms with E-state index >= 15 is 0 Å². The number of carbonyl (C=O) groups is 1. The Labute approximate surface area is 69.7 Å². The first-order valence-electron chi connectivity index (χ1n) is 3.60. The monoisotopic (exact) mass is 167 g/mol. The number of carboxylic acid groups (broad SMARTS) is 1. The van der Waals surface area contributed by atoms with E-state index in [0.29, 0.717) is 4.73 Å². The molecule has 64 valence electrons. The molecule has 1 N–H and O–H groups in total. The van der Waals surface area contributed by atoms with E-state index in [2.05, 4.69) is 0 Å². The van der Waals surface area contributed by atoms with Crippen LogP contribution in [0.5, 0.6) is 0 Å². The van der Waals surface area contributed by atoms with Crippen molar-refractivity contribution in [1.29, 1.82) is 0 Å². The molecule has 0 aromatic carbocycles. The average molecular weight is 167 g/mol. The predicted octanol–water partition coefficient (Wildman–Crippen LogP) is 0.581. The van der Waals surface area contributed by atoms with Gasteiger partial charge in [0.2, 0.25) is 0 Å². The zero-order chi connectivity index (χ0) is 9.14. The molecular formula is C8H9NO3. The average Bonchev–Trinajstić information content (AvgIpc) is 2.03. The van der Waals surface area contributed by atoms with Crippen molar-refractivity contribution in [3.8, 4) is 0 Å². The molecule has 1 aromatic rings. The van der Waals surface area contributed by atoms with Gasteiger partial charge < -0.3 is 10.3 Å². The lowest BCUT2D eigenvalue weighted by Gasteiger charge is -2.01. The summed E-state index contributed by atoms with van der Waals surface area (Å²) in [5.74, 6) is -1.20. The van der Waals surface area contributed by atoms with Gasteiger partial charge in [0.1, 0.15) is 0 Å². The van der Waals surface area contributed by atoms with Crippen LogP contribution in [0.4, 0.5) is 0 Å². The highest BCUT2D eigenvalue weighted by atomic mass is 16.5. The second-order valence-corrected chi connectivity index (χ2v) is 2.41. The Morgan fingerprint density at radius 1 is 1.67 bits per heavy atom. The summed E-state index contributed by atoms with van der Waals surface area (Å²) >= 11 is 0. The molecule has 0 fully saturated rings. The van der Waals surface area contributed by atoms with Gasteiger partial charge in [-0.05, 0) is 12.5 Å². The molecule has 1 heterocycles. The minimum atomic E-state index is -1.20. The van der Waals surface area contributed by atoms with Crippen molar-refractivity contribution >= 4 is 5.97 Å². The Morgan fingerprint density at radius 3 is 2.75 bits per heavy atom. The molecule has 0 saturated heterocycles. The van der Waals surface area contributed by atoms with E-state index in [1.165, 1.54) is 12.3 Å². The first kappa shape index (κ1) is 8.52. The summed E-state index contributed by atoms with van der Waals surface area (Å²) < 4.78 is 0.376. The molecule has 1 aromatic heterocycles. The van der Waals surface area contributed by atoms with Crippen molar-refractivity contribution in [1.82, 2.24) is 0 Å². The van der Waals surface area contributed by atoms with Gasteiger partial charge in [-0.2, -0.15) is 4.73 Å². The third-order valence-corrected chi connectivity index (χ3v) is 1.60. The van der Waals surface area contributed by atoms with Crippen LogP contribution in [0.1, 0.15) is 23.0 Å². The molecule has 0 aliphatic carbocycles. The van der Waals surface area contributed by atoms with E-state index in [1.807, 2.05) is 6.92 Å². The minimum absolute atomic E-state index is 0.243. The van der Waals surface area contributed by atoms with Gasteiger partial charge in [0, 0.05) is 11.6 Å². The van der Waals surface area contributed by atoms with E-state index in [0.717, 1.165) is 12.0 Å². The fourth-order valence-electron chi connectivity index (χ4n) is 0.897. The minimum Gasteiger partial charge on any atom is -0.618 e. The van der Waals surface area contributed by atoms with E-state index in [9.17, 15) is 10.0 Å². The van der Waals surface area contributed by atoms with E-state index in [-0.39, 0.29) is 5.69 Å². The highest BCUT2D eigenvalue weighted by Gasteiger charge is 2.13. The number of carboxylic acids is 1. The van der Waals surface area contributed by atoms with Crippen LogP contribution in [0, 0.1) is 5.21 Å². The first-order valence-corrected chi connectivity index (χ1v) is 3.60. The Bertz CT molecular complexity index is 309. The SMILES string of the molecule is CCc1ccc(C(=O)O)[n+]([O-])c1. The molecule has 4 heteroatoms. The number of pyridine rings is 1. The van der Waals surface area contributed by atoms with E-state index in [4.69, 9.17) is 5.11 Å². The van der Waals surface area contributed by atoms with Crippen LogP contribution in [0.25, 0.3) is 0 Å². The summed E-state index contributed by atoms with van der Waals surface area (Å²) in [6.45, 7) is 1.90. The fraction of sp³-hybridized carbons (Fsp3) is 0.250. The number of nitrogens with zero attached hydrogens (tertiary/aromatic N) is 1. The number of rotatable bonds is 2. The highest BCUT2D eigenvalue weighted by Crippen LogP contribution is 1.98. The number of hydrogen-bond donors (Lipinski definition) is 1. The van der Waals surface area contributed by atoms with Gasteiger partial charge in [0.25, 0.3) is 0 Å². The van der Waals surface area contributed by atoms with Gasteiger partial charge in [-0.25, -0.2) is 4.79 Å². The maximum atomic E-state index is 11.0. The van der Waals surface area contributed by atoms with Gasteiger partial charge in [0.05, 0.1) is 0 Å². The quantitative estimate of drug-likeness (QED) is 0.517. The van der Waals surface area contributed by atoms with Crippen molar-refractivity contribution < 1.29 is 14.6 Å². The number of aryl methyl sites for hydroxylation is 1. The lowest BCUT2D eigenvalue weighted by Crippen LogP contribution is -2.34. The van der Waals surface area contributed by atoms with Crippen LogP contribution in [0.3, 0.4) is 0 Å². The highest BCUT2D eigenvalue weighted by molar-refractivity contribution is 5.83. The summed E-state index contributed by atoms with van der Waals surface area (Å²) in [6, 6.07) is 2.95. The second-order valence-electron chi connectivity index (χ2n) is 2.41. The fourth-order valence-corrected chi connectivity index (χ4v) is 0.897. The normalized spacial score (nSPS) is 9.75. The largest absolute Gasteiger partial charge is 0.618 e. The molecule has 1 rings (SSSR count). The van der Waals surface area contributed by atoms with Crippen molar-refractivity contribution in [2.24, 2.45) is 0 Å². The molecule has 0 radical (unpaired) electrons. The van der Waals surface area contributed by atoms with Gasteiger partial charge in [-0.15, -0.1) is 0 Å². The topological polar surface area (TPSA) is 64.2 Å². The van der Waals surface area contributed by atoms with Gasteiger partial charge >= 0.3 is 11.7 Å². The van der Waals surface area contributed by atoms with Crippen LogP contribution in [-0.2, 0) is 6.42 Å². The lowest BCUT2D eigenvalue weighted by atomic mass is 10.2. The van der Waals surface area contributed by atoms with E-state index < -0.39 is 5.97 Å².